The van der Waals surface area contributed by atoms with E-state index in [0.717, 1.165) is 28.1 Å². The number of anilines is 2. The van der Waals surface area contributed by atoms with Crippen LogP contribution in [0.25, 0.3) is 0 Å². The monoisotopic (exact) mass is 452 g/mol. The molecule has 168 valence electrons. The number of allylic oxidation sites excluding steroid dienone is 1. The number of thiocarbonyl (C=S) groups is 1. The highest BCUT2D eigenvalue weighted by atomic mass is 32.1. The molecule has 3 rings (SSSR count). The molecule has 0 radical (unpaired) electrons. The molecule has 2 amide bonds. The molecule has 8 heteroatoms. The van der Waals surface area contributed by atoms with Crippen LogP contribution in [-0.4, -0.2) is 35.7 Å². The standard InChI is InChI=1S/C24H28N4O3S/c1-6-31-22(29)19-16(4)28(5)24(32)27-21(19)17-11-8-12-18(13-17)25-23(30)26-20-14(2)9-7-10-15(20)3/h7-13,21H,6H2,1-5H3,(H,27,32)(H2,25,26,30). The molecule has 0 aliphatic carbocycles. The zero-order valence-corrected chi connectivity index (χ0v) is 19.7. The first kappa shape index (κ1) is 23.3. The Morgan fingerprint density at radius 2 is 1.75 bits per heavy atom. The van der Waals surface area contributed by atoms with Gasteiger partial charge in [-0.25, -0.2) is 9.59 Å². The minimum Gasteiger partial charge on any atom is -0.463 e. The van der Waals surface area contributed by atoms with Gasteiger partial charge in [-0.15, -0.1) is 0 Å². The Hall–Kier alpha value is -3.39. The molecule has 32 heavy (non-hydrogen) atoms. The first-order valence-electron chi connectivity index (χ1n) is 10.4. The molecule has 7 nitrogen and oxygen atoms in total. The SMILES string of the molecule is CCOC(=O)C1=C(C)N(C)C(=S)NC1c1cccc(NC(=O)Nc2c(C)cccc2C)c1. The van der Waals surface area contributed by atoms with E-state index < -0.39 is 12.0 Å². The maximum Gasteiger partial charge on any atom is 0.338 e. The van der Waals surface area contributed by atoms with Gasteiger partial charge in [0.25, 0.3) is 0 Å². The van der Waals surface area contributed by atoms with Crippen LogP contribution in [0.15, 0.2) is 53.7 Å². The normalized spacial score (nSPS) is 15.8. The van der Waals surface area contributed by atoms with Gasteiger partial charge in [0.1, 0.15) is 0 Å². The molecule has 3 N–H and O–H groups in total. The quantitative estimate of drug-likeness (QED) is 0.453. The van der Waals surface area contributed by atoms with E-state index in [0.29, 0.717) is 16.4 Å². The summed E-state index contributed by atoms with van der Waals surface area (Å²) in [5.41, 5.74) is 5.34. The number of rotatable bonds is 5. The van der Waals surface area contributed by atoms with Gasteiger partial charge >= 0.3 is 12.0 Å². The molecule has 2 aromatic carbocycles. The van der Waals surface area contributed by atoms with Gasteiger partial charge in [-0.1, -0.05) is 30.3 Å². The van der Waals surface area contributed by atoms with Gasteiger partial charge in [-0.3, -0.25) is 0 Å². The van der Waals surface area contributed by atoms with Crippen molar-refractivity contribution in [2.24, 2.45) is 0 Å². The number of hydrogen-bond acceptors (Lipinski definition) is 4. The number of carbonyl (C=O) groups excluding carboxylic acids is 2. The van der Waals surface area contributed by atoms with Gasteiger partial charge in [0, 0.05) is 24.1 Å². The van der Waals surface area contributed by atoms with Gasteiger partial charge in [0.05, 0.1) is 18.2 Å². The van der Waals surface area contributed by atoms with E-state index in [2.05, 4.69) is 16.0 Å². The van der Waals surface area contributed by atoms with Crippen molar-refractivity contribution in [1.82, 2.24) is 10.2 Å². The van der Waals surface area contributed by atoms with Crippen LogP contribution in [0.3, 0.4) is 0 Å². The summed E-state index contributed by atoms with van der Waals surface area (Å²) < 4.78 is 5.28. The second-order valence-corrected chi connectivity index (χ2v) is 8.02. The number of nitrogens with one attached hydrogen (secondary N) is 3. The van der Waals surface area contributed by atoms with E-state index in [-0.39, 0.29) is 12.6 Å². The van der Waals surface area contributed by atoms with Crippen molar-refractivity contribution >= 4 is 40.7 Å². The molecule has 1 unspecified atom stereocenters. The average Bonchev–Trinajstić information content (AvgIpc) is 2.74. The highest BCUT2D eigenvalue weighted by Gasteiger charge is 2.33. The minimum absolute atomic E-state index is 0.274. The van der Waals surface area contributed by atoms with Crippen LogP contribution in [0.4, 0.5) is 16.2 Å². The minimum atomic E-state index is -0.485. The number of ether oxygens (including phenoxy) is 1. The predicted molar refractivity (Wildman–Crippen MR) is 131 cm³/mol. The van der Waals surface area contributed by atoms with Gasteiger partial charge in [0.15, 0.2) is 5.11 Å². The number of urea groups is 1. The Kier molecular flexibility index (Phi) is 7.15. The molecule has 1 aliphatic rings. The Labute approximate surface area is 193 Å². The maximum atomic E-state index is 12.7. The van der Waals surface area contributed by atoms with Crippen molar-refractivity contribution in [3.63, 3.8) is 0 Å². The molecule has 0 spiro atoms. The Balaban J connectivity index is 1.86. The Bertz CT molecular complexity index is 1080. The van der Waals surface area contributed by atoms with Crippen LogP contribution >= 0.6 is 12.2 Å². The Morgan fingerprint density at radius 3 is 2.41 bits per heavy atom. The van der Waals surface area contributed by atoms with Crippen LogP contribution in [0, 0.1) is 13.8 Å². The van der Waals surface area contributed by atoms with Gasteiger partial charge in [0.2, 0.25) is 0 Å². The molecular weight excluding hydrogens is 424 g/mol. The lowest BCUT2D eigenvalue weighted by Crippen LogP contribution is -2.46. The molecule has 0 bridgehead atoms. The summed E-state index contributed by atoms with van der Waals surface area (Å²) in [4.78, 5) is 27.1. The third kappa shape index (κ3) is 4.91. The van der Waals surface area contributed by atoms with Crippen molar-refractivity contribution in [1.29, 1.82) is 0 Å². The largest absolute Gasteiger partial charge is 0.463 e. The average molecular weight is 453 g/mol. The summed E-state index contributed by atoms with van der Waals surface area (Å²) in [6.07, 6.45) is 0. The Morgan fingerprint density at radius 1 is 1.09 bits per heavy atom. The second-order valence-electron chi connectivity index (χ2n) is 7.63. The number of aryl methyl sites for hydroxylation is 2. The van der Waals surface area contributed by atoms with Crippen LogP contribution < -0.4 is 16.0 Å². The summed E-state index contributed by atoms with van der Waals surface area (Å²) in [6.45, 7) is 7.78. The van der Waals surface area contributed by atoms with Gasteiger partial charge < -0.3 is 25.6 Å². The fraction of sp³-hybridized carbons (Fsp3) is 0.292. The van der Waals surface area contributed by atoms with Crippen molar-refractivity contribution in [2.75, 3.05) is 24.3 Å². The number of hydrogen-bond donors (Lipinski definition) is 3. The summed E-state index contributed by atoms with van der Waals surface area (Å²) in [5.74, 6) is -0.400. The van der Waals surface area contributed by atoms with E-state index in [1.165, 1.54) is 0 Å². The first-order valence-corrected chi connectivity index (χ1v) is 10.8. The van der Waals surface area contributed by atoms with Gasteiger partial charge in [-0.2, -0.15) is 0 Å². The lowest BCUT2D eigenvalue weighted by molar-refractivity contribution is -0.139. The number of nitrogens with zero attached hydrogens (tertiary/aromatic N) is 1. The summed E-state index contributed by atoms with van der Waals surface area (Å²) in [6, 6.07) is 12.3. The number of para-hydroxylation sites is 1. The molecule has 0 fully saturated rings. The zero-order valence-electron chi connectivity index (χ0n) is 18.9. The molecule has 1 heterocycles. The smallest absolute Gasteiger partial charge is 0.338 e. The molecule has 0 aromatic heterocycles. The van der Waals surface area contributed by atoms with E-state index in [1.807, 2.05) is 57.2 Å². The van der Waals surface area contributed by atoms with Crippen LogP contribution in [0.1, 0.15) is 36.6 Å². The molecule has 0 saturated heterocycles. The van der Waals surface area contributed by atoms with Crippen LogP contribution in [0.2, 0.25) is 0 Å². The zero-order chi connectivity index (χ0) is 23.4. The fourth-order valence-corrected chi connectivity index (χ4v) is 3.90. The summed E-state index contributed by atoms with van der Waals surface area (Å²) in [5, 5.41) is 9.50. The van der Waals surface area contributed by atoms with Crippen molar-refractivity contribution in [3.05, 3.63) is 70.4 Å². The third-order valence-corrected chi connectivity index (χ3v) is 5.84. The second kappa shape index (κ2) is 9.82. The summed E-state index contributed by atoms with van der Waals surface area (Å²) >= 11 is 5.44. The number of benzene rings is 2. The predicted octanol–water partition coefficient (Wildman–Crippen LogP) is 4.65. The van der Waals surface area contributed by atoms with E-state index in [4.69, 9.17) is 17.0 Å². The van der Waals surface area contributed by atoms with E-state index in [9.17, 15) is 9.59 Å². The lowest BCUT2D eigenvalue weighted by atomic mass is 9.95. The highest BCUT2D eigenvalue weighted by molar-refractivity contribution is 7.80. The molecule has 2 aromatic rings. The lowest BCUT2D eigenvalue weighted by Gasteiger charge is -2.35. The molecule has 1 aliphatic heterocycles. The van der Waals surface area contributed by atoms with Gasteiger partial charge in [-0.05, 0) is 68.7 Å². The van der Waals surface area contributed by atoms with Crippen LogP contribution in [0.5, 0.6) is 0 Å². The van der Waals surface area contributed by atoms with E-state index in [1.54, 1.807) is 24.9 Å². The van der Waals surface area contributed by atoms with Crippen molar-refractivity contribution in [2.45, 2.75) is 33.7 Å². The fourth-order valence-electron chi connectivity index (χ4n) is 3.64. The molecule has 0 saturated carbocycles. The summed E-state index contributed by atoms with van der Waals surface area (Å²) in [7, 11) is 1.80. The number of esters is 1. The third-order valence-electron chi connectivity index (χ3n) is 5.45. The highest BCUT2D eigenvalue weighted by Crippen LogP contribution is 2.32. The maximum absolute atomic E-state index is 12.7. The van der Waals surface area contributed by atoms with E-state index >= 15 is 0 Å². The molecular formula is C24H28N4O3S. The van der Waals surface area contributed by atoms with Crippen molar-refractivity contribution in [3.8, 4) is 0 Å². The first-order chi connectivity index (χ1) is 15.2. The molecule has 1 atom stereocenters. The topological polar surface area (TPSA) is 82.7 Å². The number of amides is 2. The van der Waals surface area contributed by atoms with Crippen LogP contribution in [-0.2, 0) is 9.53 Å². The van der Waals surface area contributed by atoms with Crippen molar-refractivity contribution < 1.29 is 14.3 Å². The number of carbonyl (C=O) groups is 2.